The van der Waals surface area contributed by atoms with Crippen LogP contribution in [-0.2, 0) is 13.0 Å². The fraction of sp³-hybridized carbons (Fsp3) is 0.400. The minimum atomic E-state index is 0.584. The van der Waals surface area contributed by atoms with Gasteiger partial charge < -0.3 is 10.2 Å². The molecule has 0 atom stereocenters. The number of aryl methyl sites for hydroxylation is 2. The van der Waals surface area contributed by atoms with E-state index >= 15 is 0 Å². The van der Waals surface area contributed by atoms with Crippen molar-refractivity contribution < 1.29 is 0 Å². The molecule has 0 radical (unpaired) electrons. The summed E-state index contributed by atoms with van der Waals surface area (Å²) in [5.41, 5.74) is 6.59. The highest BCUT2D eigenvalue weighted by Gasteiger charge is 2.22. The van der Waals surface area contributed by atoms with Crippen molar-refractivity contribution in [3.63, 3.8) is 0 Å². The largest absolute Gasteiger partial charge is 0.367 e. The lowest BCUT2D eigenvalue weighted by molar-refractivity contribution is 0.699. The number of nitrogens with one attached hydrogen (secondary N) is 1. The van der Waals surface area contributed by atoms with Crippen molar-refractivity contribution in [2.24, 2.45) is 0 Å². The number of hydrogen-bond acceptors (Lipinski definition) is 5. The highest BCUT2D eigenvalue weighted by Crippen LogP contribution is 2.33. The van der Waals surface area contributed by atoms with Crippen molar-refractivity contribution in [1.82, 2.24) is 15.0 Å². The van der Waals surface area contributed by atoms with E-state index in [0.29, 0.717) is 11.1 Å². The first kappa shape index (κ1) is 20.3. The van der Waals surface area contributed by atoms with E-state index in [4.69, 9.17) is 16.6 Å². The lowest BCUT2D eigenvalue weighted by Crippen LogP contribution is -2.32. The number of aromatic nitrogens is 3. The Morgan fingerprint density at radius 3 is 2.71 bits per heavy atom. The van der Waals surface area contributed by atoms with E-state index in [0.717, 1.165) is 53.5 Å². The Balaban J connectivity index is 1.37. The summed E-state index contributed by atoms with van der Waals surface area (Å²) in [6, 6.07) is 9.14. The summed E-state index contributed by atoms with van der Waals surface area (Å²) < 4.78 is 0. The highest BCUT2D eigenvalue weighted by molar-refractivity contribution is 6.33. The number of hydrogen-bond donors (Lipinski definition) is 1. The van der Waals surface area contributed by atoms with Crippen LogP contribution in [0.15, 0.2) is 36.7 Å². The molecule has 1 aliphatic heterocycles. The maximum Gasteiger partial charge on any atom is 0.129 e. The van der Waals surface area contributed by atoms with Crippen LogP contribution >= 0.6 is 11.6 Å². The second-order valence-electron chi connectivity index (χ2n) is 8.80. The van der Waals surface area contributed by atoms with Crippen LogP contribution in [0.3, 0.4) is 0 Å². The minimum absolute atomic E-state index is 0.584. The van der Waals surface area contributed by atoms with E-state index in [9.17, 15) is 0 Å². The third-order valence-corrected chi connectivity index (χ3v) is 6.69. The van der Waals surface area contributed by atoms with Gasteiger partial charge in [-0.2, -0.15) is 0 Å². The normalized spacial score (nSPS) is 16.4. The topological polar surface area (TPSA) is 53.9 Å². The Hall–Kier alpha value is -2.66. The zero-order valence-electron chi connectivity index (χ0n) is 18.2. The molecule has 0 unspecified atom stereocenters. The summed E-state index contributed by atoms with van der Waals surface area (Å²) in [4.78, 5) is 16.5. The summed E-state index contributed by atoms with van der Waals surface area (Å²) in [5, 5.41) is 4.25. The van der Waals surface area contributed by atoms with Crippen LogP contribution in [0.4, 0.5) is 11.6 Å². The van der Waals surface area contributed by atoms with Crippen LogP contribution in [0.5, 0.6) is 0 Å². The smallest absolute Gasteiger partial charge is 0.129 e. The fourth-order valence-electron chi connectivity index (χ4n) is 4.75. The van der Waals surface area contributed by atoms with Gasteiger partial charge in [0, 0.05) is 49.2 Å². The lowest BCUT2D eigenvalue weighted by Gasteiger charge is -2.30. The molecule has 4 heterocycles. The first-order valence-electron chi connectivity index (χ1n) is 11.2. The predicted octanol–water partition coefficient (Wildman–Crippen LogP) is 5.73. The molecule has 5 rings (SSSR count). The van der Waals surface area contributed by atoms with Gasteiger partial charge in [0.2, 0.25) is 0 Å². The fourth-order valence-corrected chi connectivity index (χ4v) is 4.94. The van der Waals surface area contributed by atoms with Crippen LogP contribution in [0.25, 0.3) is 11.3 Å². The number of halogens is 1. The van der Waals surface area contributed by atoms with Crippen LogP contribution in [0, 0.1) is 13.8 Å². The Kier molecular flexibility index (Phi) is 5.53. The van der Waals surface area contributed by atoms with Gasteiger partial charge >= 0.3 is 0 Å². The SMILES string of the molecule is Cc1cnc(-c2cc(N3CCc4nc(NC5CCCC5)ccc4C3)ncc2Cl)c(C)c1. The predicted molar refractivity (Wildman–Crippen MR) is 127 cm³/mol. The van der Waals surface area contributed by atoms with Crippen LogP contribution in [-0.4, -0.2) is 27.5 Å². The van der Waals surface area contributed by atoms with Gasteiger partial charge in [0.25, 0.3) is 0 Å². The quantitative estimate of drug-likeness (QED) is 0.569. The number of fused-ring (bicyclic) bond motifs is 1. The molecule has 6 heteroatoms. The van der Waals surface area contributed by atoms with Crippen LogP contribution in [0.2, 0.25) is 5.02 Å². The maximum absolute atomic E-state index is 6.51. The van der Waals surface area contributed by atoms with Gasteiger partial charge in [-0.25, -0.2) is 9.97 Å². The number of rotatable bonds is 4. The molecule has 3 aromatic heterocycles. The standard InChI is InChI=1S/C25H28ClN5/c1-16-11-17(2)25(28-13-16)20-12-24(27-14-21(20)26)31-10-9-22-18(15-31)7-8-23(30-22)29-19-5-3-4-6-19/h7-8,11-14,19H,3-6,9-10,15H2,1-2H3,(H,29,30). The van der Waals surface area contributed by atoms with Crippen LogP contribution in [0.1, 0.15) is 48.1 Å². The van der Waals surface area contributed by atoms with Gasteiger partial charge in [-0.15, -0.1) is 0 Å². The molecule has 3 aromatic rings. The van der Waals surface area contributed by atoms with E-state index in [2.05, 4.69) is 58.3 Å². The molecule has 160 valence electrons. The molecule has 0 bridgehead atoms. The van der Waals surface area contributed by atoms with Crippen molar-refractivity contribution in [2.75, 3.05) is 16.8 Å². The molecule has 0 aromatic carbocycles. The zero-order valence-corrected chi connectivity index (χ0v) is 18.9. The van der Waals surface area contributed by atoms with E-state index in [-0.39, 0.29) is 0 Å². The molecule has 31 heavy (non-hydrogen) atoms. The molecule has 0 amide bonds. The van der Waals surface area contributed by atoms with Crippen molar-refractivity contribution in [1.29, 1.82) is 0 Å². The summed E-state index contributed by atoms with van der Waals surface area (Å²) in [6.07, 6.45) is 9.71. The van der Waals surface area contributed by atoms with E-state index in [1.54, 1.807) is 6.20 Å². The van der Waals surface area contributed by atoms with Gasteiger partial charge in [0.15, 0.2) is 0 Å². The second kappa shape index (κ2) is 8.46. The second-order valence-corrected chi connectivity index (χ2v) is 9.21. The van der Waals surface area contributed by atoms with Crippen molar-refractivity contribution in [3.8, 4) is 11.3 Å². The average Bonchev–Trinajstić information content (AvgIpc) is 3.27. The molecular weight excluding hydrogens is 406 g/mol. The van der Waals surface area contributed by atoms with Gasteiger partial charge in [-0.1, -0.05) is 36.6 Å². The third-order valence-electron chi connectivity index (χ3n) is 6.39. The third kappa shape index (κ3) is 4.24. The van der Waals surface area contributed by atoms with Gasteiger partial charge in [-0.05, 0) is 55.5 Å². The van der Waals surface area contributed by atoms with Gasteiger partial charge in [0.1, 0.15) is 11.6 Å². The van der Waals surface area contributed by atoms with Gasteiger partial charge in [-0.3, -0.25) is 4.98 Å². The summed E-state index contributed by atoms with van der Waals surface area (Å²) in [7, 11) is 0. The number of nitrogens with zero attached hydrogens (tertiary/aromatic N) is 4. The molecule has 2 aliphatic rings. The molecule has 5 nitrogen and oxygen atoms in total. The summed E-state index contributed by atoms with van der Waals surface area (Å²) in [6.45, 7) is 5.82. The molecule has 1 saturated carbocycles. The van der Waals surface area contributed by atoms with Crippen molar-refractivity contribution in [3.05, 3.63) is 64.1 Å². The number of pyridine rings is 3. The maximum atomic E-state index is 6.51. The monoisotopic (exact) mass is 433 g/mol. The van der Waals surface area contributed by atoms with E-state index < -0.39 is 0 Å². The molecular formula is C25H28ClN5. The first-order valence-corrected chi connectivity index (χ1v) is 11.5. The Bertz CT molecular complexity index is 1110. The van der Waals surface area contributed by atoms with Gasteiger partial charge in [0.05, 0.1) is 10.7 Å². The first-order chi connectivity index (χ1) is 15.1. The zero-order chi connectivity index (χ0) is 21.4. The highest BCUT2D eigenvalue weighted by atomic mass is 35.5. The summed E-state index contributed by atoms with van der Waals surface area (Å²) in [5.74, 6) is 1.95. The Morgan fingerprint density at radius 1 is 1.06 bits per heavy atom. The molecule has 1 fully saturated rings. The Morgan fingerprint density at radius 2 is 1.90 bits per heavy atom. The molecule has 1 aliphatic carbocycles. The van der Waals surface area contributed by atoms with Crippen molar-refractivity contribution >= 4 is 23.2 Å². The molecule has 1 N–H and O–H groups in total. The Labute approximate surface area is 188 Å². The van der Waals surface area contributed by atoms with E-state index in [1.165, 1.54) is 36.9 Å². The minimum Gasteiger partial charge on any atom is -0.367 e. The lowest BCUT2D eigenvalue weighted by atomic mass is 10.0. The van der Waals surface area contributed by atoms with Crippen LogP contribution < -0.4 is 10.2 Å². The number of anilines is 2. The molecule has 0 spiro atoms. The summed E-state index contributed by atoms with van der Waals surface area (Å²) >= 11 is 6.51. The average molecular weight is 434 g/mol. The van der Waals surface area contributed by atoms with Crippen molar-refractivity contribution in [2.45, 2.75) is 58.5 Å². The van der Waals surface area contributed by atoms with E-state index in [1.807, 2.05) is 6.20 Å². The molecule has 0 saturated heterocycles.